The summed E-state index contributed by atoms with van der Waals surface area (Å²) in [4.78, 5) is 12.2. The third kappa shape index (κ3) is 4.47. The first-order valence-corrected chi connectivity index (χ1v) is 8.32. The number of nitrogens with one attached hydrogen (secondary N) is 3. The molecule has 0 bridgehead atoms. The second-order valence-corrected chi connectivity index (χ2v) is 6.07. The quantitative estimate of drug-likeness (QED) is 0.704. The number of rotatable bonds is 6. The van der Waals surface area contributed by atoms with Gasteiger partial charge in [-0.3, -0.25) is 4.79 Å². The Morgan fingerprint density at radius 2 is 1.88 bits per heavy atom. The van der Waals surface area contributed by atoms with Crippen molar-refractivity contribution in [2.45, 2.75) is 18.5 Å². The first kappa shape index (κ1) is 16.8. The molecule has 3 N–H and O–H groups in total. The molecular formula is C18H20ClN3O2. The van der Waals surface area contributed by atoms with E-state index in [1.54, 1.807) is 24.3 Å². The van der Waals surface area contributed by atoms with E-state index in [4.69, 9.17) is 16.3 Å². The Hall–Kier alpha value is -2.08. The molecule has 0 saturated carbocycles. The standard InChI is InChI=1S/C18H20ClN3O2/c19-14-6-8-15(9-7-14)24-11-10-20-18(23)17-12-16(21-22-17)13-4-2-1-3-5-13/h1-9,16-17,21-22H,10-12H2,(H,20,23). The van der Waals surface area contributed by atoms with Gasteiger partial charge >= 0.3 is 0 Å². The number of carbonyl (C=O) groups excluding carboxylic acids is 1. The van der Waals surface area contributed by atoms with Gasteiger partial charge in [-0.15, -0.1) is 0 Å². The van der Waals surface area contributed by atoms with Gasteiger partial charge in [0, 0.05) is 11.1 Å². The minimum atomic E-state index is -0.245. The van der Waals surface area contributed by atoms with E-state index >= 15 is 0 Å². The van der Waals surface area contributed by atoms with Crippen molar-refractivity contribution in [1.29, 1.82) is 0 Å². The number of ether oxygens (including phenoxy) is 1. The molecular weight excluding hydrogens is 326 g/mol. The molecule has 0 spiro atoms. The Morgan fingerprint density at radius 1 is 1.12 bits per heavy atom. The molecule has 1 saturated heterocycles. The first-order valence-electron chi connectivity index (χ1n) is 7.94. The molecule has 0 radical (unpaired) electrons. The SMILES string of the molecule is O=C(NCCOc1ccc(Cl)cc1)C1CC(c2ccccc2)NN1. The van der Waals surface area contributed by atoms with Crippen LogP contribution in [0.4, 0.5) is 0 Å². The fourth-order valence-corrected chi connectivity index (χ4v) is 2.76. The molecule has 24 heavy (non-hydrogen) atoms. The van der Waals surface area contributed by atoms with Crippen LogP contribution in [0.2, 0.25) is 5.02 Å². The Labute approximate surface area is 146 Å². The molecule has 1 amide bonds. The number of hydrogen-bond acceptors (Lipinski definition) is 4. The summed E-state index contributed by atoms with van der Waals surface area (Å²) in [7, 11) is 0. The number of halogens is 1. The third-order valence-electron chi connectivity index (χ3n) is 3.91. The smallest absolute Gasteiger partial charge is 0.238 e. The van der Waals surface area contributed by atoms with Gasteiger partial charge in [0.15, 0.2) is 0 Å². The number of hydrazine groups is 1. The molecule has 3 rings (SSSR count). The van der Waals surface area contributed by atoms with E-state index in [2.05, 4.69) is 28.3 Å². The zero-order chi connectivity index (χ0) is 16.8. The summed E-state index contributed by atoms with van der Waals surface area (Å²) < 4.78 is 5.56. The van der Waals surface area contributed by atoms with Gasteiger partial charge in [-0.25, -0.2) is 10.9 Å². The van der Waals surface area contributed by atoms with Crippen molar-refractivity contribution >= 4 is 17.5 Å². The summed E-state index contributed by atoms with van der Waals surface area (Å²) in [5, 5.41) is 3.56. The molecule has 1 fully saturated rings. The predicted octanol–water partition coefficient (Wildman–Crippen LogP) is 2.44. The number of carbonyl (C=O) groups is 1. The van der Waals surface area contributed by atoms with Crippen LogP contribution >= 0.6 is 11.6 Å². The van der Waals surface area contributed by atoms with Crippen molar-refractivity contribution in [2.24, 2.45) is 0 Å². The number of amides is 1. The molecule has 0 aliphatic carbocycles. The third-order valence-corrected chi connectivity index (χ3v) is 4.16. The lowest BCUT2D eigenvalue weighted by molar-refractivity contribution is -0.123. The topological polar surface area (TPSA) is 62.4 Å². The molecule has 2 atom stereocenters. The summed E-state index contributed by atoms with van der Waals surface area (Å²) >= 11 is 5.82. The molecule has 126 valence electrons. The average Bonchev–Trinajstić information content (AvgIpc) is 3.11. The Bertz CT molecular complexity index is 664. The molecule has 2 aromatic carbocycles. The van der Waals surface area contributed by atoms with Crippen LogP contribution < -0.4 is 20.9 Å². The minimum absolute atomic E-state index is 0.0272. The Balaban J connectivity index is 1.39. The molecule has 2 unspecified atom stereocenters. The maximum absolute atomic E-state index is 12.2. The molecule has 6 heteroatoms. The van der Waals surface area contributed by atoms with Crippen molar-refractivity contribution in [2.75, 3.05) is 13.2 Å². The van der Waals surface area contributed by atoms with Gasteiger partial charge in [0.25, 0.3) is 0 Å². The van der Waals surface area contributed by atoms with Crippen LogP contribution in [0.25, 0.3) is 0 Å². The molecule has 5 nitrogen and oxygen atoms in total. The summed E-state index contributed by atoms with van der Waals surface area (Å²) in [6, 6.07) is 17.1. The van der Waals surface area contributed by atoms with E-state index in [0.717, 1.165) is 5.75 Å². The van der Waals surface area contributed by atoms with Crippen LogP contribution in [0, 0.1) is 0 Å². The van der Waals surface area contributed by atoms with E-state index < -0.39 is 0 Å². The van der Waals surface area contributed by atoms with Crippen LogP contribution in [0.15, 0.2) is 54.6 Å². The van der Waals surface area contributed by atoms with Crippen LogP contribution in [-0.2, 0) is 4.79 Å². The van der Waals surface area contributed by atoms with Gasteiger partial charge in [-0.2, -0.15) is 0 Å². The predicted molar refractivity (Wildman–Crippen MR) is 93.8 cm³/mol. The summed E-state index contributed by atoms with van der Waals surface area (Å²) in [5.41, 5.74) is 7.40. The molecule has 0 aromatic heterocycles. The van der Waals surface area contributed by atoms with Crippen LogP contribution in [0.1, 0.15) is 18.0 Å². The monoisotopic (exact) mass is 345 g/mol. The highest BCUT2D eigenvalue weighted by Gasteiger charge is 2.29. The zero-order valence-electron chi connectivity index (χ0n) is 13.2. The highest BCUT2D eigenvalue weighted by molar-refractivity contribution is 6.30. The Kier molecular flexibility index (Phi) is 5.69. The first-order chi connectivity index (χ1) is 11.7. The van der Waals surface area contributed by atoms with Gasteiger partial charge in [0.1, 0.15) is 18.4 Å². The Morgan fingerprint density at radius 3 is 2.62 bits per heavy atom. The van der Waals surface area contributed by atoms with Crippen LogP contribution in [0.5, 0.6) is 5.75 Å². The summed E-state index contributed by atoms with van der Waals surface area (Å²) in [6.45, 7) is 0.866. The highest BCUT2D eigenvalue weighted by Crippen LogP contribution is 2.21. The highest BCUT2D eigenvalue weighted by atomic mass is 35.5. The lowest BCUT2D eigenvalue weighted by atomic mass is 10.0. The number of hydrogen-bond donors (Lipinski definition) is 3. The summed E-state index contributed by atoms with van der Waals surface area (Å²) in [5.74, 6) is 0.707. The van der Waals surface area contributed by atoms with E-state index in [1.807, 2.05) is 18.2 Å². The molecule has 1 heterocycles. The summed E-state index contributed by atoms with van der Waals surface area (Å²) in [6.07, 6.45) is 0.716. The van der Waals surface area contributed by atoms with Crippen LogP contribution in [-0.4, -0.2) is 25.1 Å². The second-order valence-electron chi connectivity index (χ2n) is 5.63. The van der Waals surface area contributed by atoms with Gasteiger partial charge in [0.2, 0.25) is 5.91 Å². The maximum Gasteiger partial charge on any atom is 0.238 e. The van der Waals surface area contributed by atoms with Crippen molar-refractivity contribution in [3.63, 3.8) is 0 Å². The lowest BCUT2D eigenvalue weighted by Gasteiger charge is -2.11. The normalized spacial score (nSPS) is 19.9. The van der Waals surface area contributed by atoms with Crippen molar-refractivity contribution in [1.82, 2.24) is 16.2 Å². The molecule has 1 aliphatic heterocycles. The molecule has 1 aliphatic rings. The minimum Gasteiger partial charge on any atom is -0.492 e. The average molecular weight is 346 g/mol. The van der Waals surface area contributed by atoms with Crippen molar-refractivity contribution < 1.29 is 9.53 Å². The van der Waals surface area contributed by atoms with E-state index in [9.17, 15) is 4.79 Å². The fourth-order valence-electron chi connectivity index (χ4n) is 2.63. The van der Waals surface area contributed by atoms with Crippen molar-refractivity contribution in [3.8, 4) is 5.75 Å². The zero-order valence-corrected chi connectivity index (χ0v) is 13.9. The van der Waals surface area contributed by atoms with E-state index in [-0.39, 0.29) is 18.0 Å². The molecule has 2 aromatic rings. The van der Waals surface area contributed by atoms with Gasteiger partial charge < -0.3 is 10.1 Å². The largest absolute Gasteiger partial charge is 0.492 e. The van der Waals surface area contributed by atoms with Gasteiger partial charge in [0.05, 0.1) is 6.54 Å². The van der Waals surface area contributed by atoms with Gasteiger partial charge in [-0.05, 0) is 36.2 Å². The van der Waals surface area contributed by atoms with E-state index in [1.165, 1.54) is 5.56 Å². The number of benzene rings is 2. The second kappa shape index (κ2) is 8.15. The lowest BCUT2D eigenvalue weighted by Crippen LogP contribution is -2.44. The van der Waals surface area contributed by atoms with E-state index in [0.29, 0.717) is 24.6 Å². The maximum atomic E-state index is 12.2. The van der Waals surface area contributed by atoms with Crippen LogP contribution in [0.3, 0.4) is 0 Å². The van der Waals surface area contributed by atoms with Gasteiger partial charge in [-0.1, -0.05) is 41.9 Å². The van der Waals surface area contributed by atoms with Crippen molar-refractivity contribution in [3.05, 3.63) is 65.2 Å². The fraction of sp³-hybridized carbons (Fsp3) is 0.278.